The SMILES string of the molecule is CC(C)CNC(=O)[C@H](C)N(Cc1ccc(Br)cc1)C(=O)CN(c1ccc(C23CC4CC(CC(C4)C2)C3)cc1)S(C)(=O)=O. The fourth-order valence-corrected chi connectivity index (χ4v) is 8.99. The van der Waals surface area contributed by atoms with E-state index in [1.54, 1.807) is 6.92 Å². The first-order chi connectivity index (χ1) is 19.8. The predicted octanol–water partition coefficient (Wildman–Crippen LogP) is 5.87. The minimum absolute atomic E-state index is 0.185. The van der Waals surface area contributed by atoms with Crippen LogP contribution < -0.4 is 9.62 Å². The molecular weight excluding hydrogens is 614 g/mol. The molecule has 2 amide bonds. The molecule has 0 aromatic heterocycles. The summed E-state index contributed by atoms with van der Waals surface area (Å²) in [6, 6.07) is 14.7. The number of carbonyl (C=O) groups is 2. The van der Waals surface area contributed by atoms with E-state index < -0.39 is 22.0 Å². The topological polar surface area (TPSA) is 86.8 Å². The Morgan fingerprint density at radius 2 is 1.48 bits per heavy atom. The minimum atomic E-state index is -3.77. The zero-order valence-electron chi connectivity index (χ0n) is 25.2. The summed E-state index contributed by atoms with van der Waals surface area (Å²) in [5.41, 5.74) is 2.83. The fraction of sp³-hybridized carbons (Fsp3) is 0.576. The molecule has 2 aromatic rings. The van der Waals surface area contributed by atoms with Crippen LogP contribution in [0.4, 0.5) is 5.69 Å². The van der Waals surface area contributed by atoms with Gasteiger partial charge >= 0.3 is 0 Å². The van der Waals surface area contributed by atoms with Crippen molar-refractivity contribution in [2.24, 2.45) is 23.7 Å². The summed E-state index contributed by atoms with van der Waals surface area (Å²) in [6.45, 7) is 6.01. The molecule has 42 heavy (non-hydrogen) atoms. The van der Waals surface area contributed by atoms with Crippen molar-refractivity contribution in [1.29, 1.82) is 0 Å². The van der Waals surface area contributed by atoms with Gasteiger partial charge in [0.05, 0.1) is 11.9 Å². The Hall–Kier alpha value is -2.39. The lowest BCUT2D eigenvalue weighted by molar-refractivity contribution is -0.139. The molecule has 4 saturated carbocycles. The molecular formula is C33H44BrN3O4S. The molecule has 4 aliphatic rings. The number of hydrogen-bond donors (Lipinski definition) is 1. The van der Waals surface area contributed by atoms with E-state index in [1.807, 2.05) is 50.2 Å². The zero-order chi connectivity index (χ0) is 30.2. The summed E-state index contributed by atoms with van der Waals surface area (Å²) < 4.78 is 28.2. The van der Waals surface area contributed by atoms with Gasteiger partial charge in [0.25, 0.3) is 0 Å². The van der Waals surface area contributed by atoms with Crippen LogP contribution in [-0.4, -0.2) is 50.5 Å². The van der Waals surface area contributed by atoms with Crippen LogP contribution in [0.25, 0.3) is 0 Å². The average molecular weight is 659 g/mol. The molecule has 228 valence electrons. The van der Waals surface area contributed by atoms with Gasteiger partial charge in [-0.3, -0.25) is 13.9 Å². The number of amides is 2. The van der Waals surface area contributed by atoms with Crippen molar-refractivity contribution in [2.75, 3.05) is 23.7 Å². The van der Waals surface area contributed by atoms with E-state index >= 15 is 0 Å². The first kappa shape index (κ1) is 31.0. The highest BCUT2D eigenvalue weighted by Gasteiger charge is 2.51. The van der Waals surface area contributed by atoms with Gasteiger partial charge in [-0.15, -0.1) is 0 Å². The summed E-state index contributed by atoms with van der Waals surface area (Å²) in [6.07, 6.45) is 8.92. The zero-order valence-corrected chi connectivity index (χ0v) is 27.6. The van der Waals surface area contributed by atoms with E-state index in [4.69, 9.17) is 0 Å². The van der Waals surface area contributed by atoms with Crippen LogP contribution >= 0.6 is 15.9 Å². The van der Waals surface area contributed by atoms with Crippen molar-refractivity contribution in [2.45, 2.75) is 77.3 Å². The Bertz CT molecular complexity index is 1360. The maximum atomic E-state index is 13.9. The summed E-state index contributed by atoms with van der Waals surface area (Å²) in [5.74, 6) is 2.02. The quantitative estimate of drug-likeness (QED) is 0.327. The second kappa shape index (κ2) is 12.3. The highest BCUT2D eigenvalue weighted by Crippen LogP contribution is 2.60. The lowest BCUT2D eigenvalue weighted by atomic mass is 9.48. The molecule has 9 heteroatoms. The monoisotopic (exact) mass is 657 g/mol. The molecule has 1 atom stereocenters. The lowest BCUT2D eigenvalue weighted by Crippen LogP contribution is -2.51. The van der Waals surface area contributed by atoms with Crippen LogP contribution in [0, 0.1) is 23.7 Å². The number of anilines is 1. The highest BCUT2D eigenvalue weighted by molar-refractivity contribution is 9.10. The number of nitrogens with one attached hydrogen (secondary N) is 1. The first-order valence-electron chi connectivity index (χ1n) is 15.2. The normalized spacial score (nSPS) is 25.3. The second-order valence-electron chi connectivity index (χ2n) is 13.5. The van der Waals surface area contributed by atoms with Gasteiger partial charge in [-0.1, -0.05) is 54.0 Å². The van der Waals surface area contributed by atoms with Crippen LogP contribution in [-0.2, 0) is 31.6 Å². The maximum absolute atomic E-state index is 13.9. The molecule has 0 unspecified atom stereocenters. The Balaban J connectivity index is 1.37. The van der Waals surface area contributed by atoms with Crippen molar-refractivity contribution in [1.82, 2.24) is 10.2 Å². The molecule has 0 heterocycles. The van der Waals surface area contributed by atoms with Crippen LogP contribution in [0.3, 0.4) is 0 Å². The third-order valence-electron chi connectivity index (χ3n) is 9.60. The van der Waals surface area contributed by atoms with Gasteiger partial charge in [0.2, 0.25) is 21.8 Å². The van der Waals surface area contributed by atoms with E-state index in [1.165, 1.54) is 53.3 Å². The molecule has 0 saturated heterocycles. The average Bonchev–Trinajstić information content (AvgIpc) is 2.92. The third kappa shape index (κ3) is 6.88. The smallest absolute Gasteiger partial charge is 0.244 e. The van der Waals surface area contributed by atoms with Crippen molar-refractivity contribution < 1.29 is 18.0 Å². The Morgan fingerprint density at radius 3 is 1.98 bits per heavy atom. The van der Waals surface area contributed by atoms with Gasteiger partial charge in [0.1, 0.15) is 12.6 Å². The van der Waals surface area contributed by atoms with E-state index in [2.05, 4.69) is 33.4 Å². The number of nitrogens with zero attached hydrogens (tertiary/aromatic N) is 2. The maximum Gasteiger partial charge on any atom is 0.244 e. The molecule has 4 bridgehead atoms. The first-order valence-corrected chi connectivity index (χ1v) is 17.9. The van der Waals surface area contributed by atoms with Gasteiger partial charge in [0.15, 0.2) is 0 Å². The van der Waals surface area contributed by atoms with Crippen LogP contribution in [0.15, 0.2) is 53.0 Å². The molecule has 2 aromatic carbocycles. The minimum Gasteiger partial charge on any atom is -0.354 e. The van der Waals surface area contributed by atoms with Crippen molar-refractivity contribution in [3.8, 4) is 0 Å². The van der Waals surface area contributed by atoms with Crippen LogP contribution in [0.2, 0.25) is 0 Å². The number of sulfonamides is 1. The molecule has 1 N–H and O–H groups in total. The molecule has 0 radical (unpaired) electrons. The van der Waals surface area contributed by atoms with Gasteiger partial charge in [0, 0.05) is 17.6 Å². The molecule has 4 fully saturated rings. The highest BCUT2D eigenvalue weighted by atomic mass is 79.9. The Labute approximate surface area is 259 Å². The van der Waals surface area contributed by atoms with E-state index in [9.17, 15) is 18.0 Å². The van der Waals surface area contributed by atoms with Gasteiger partial charge in [-0.05, 0) is 110 Å². The number of halogens is 1. The van der Waals surface area contributed by atoms with E-state index in [-0.39, 0.29) is 30.3 Å². The molecule has 0 aliphatic heterocycles. The second-order valence-corrected chi connectivity index (χ2v) is 16.3. The standard InChI is InChI=1S/C33H44BrN3O4S/c1-22(2)19-35-32(39)23(3)36(20-24-5-9-29(34)10-6-24)31(38)21-37(42(4,40)41)30-11-7-28(8-12-30)33-16-25-13-26(17-33)15-27(14-25)18-33/h5-12,22-23,25-27H,13-21H2,1-4H3,(H,35,39)/t23-,25?,26?,27?,33?/m0/s1. The van der Waals surface area contributed by atoms with Crippen molar-refractivity contribution in [3.63, 3.8) is 0 Å². The lowest BCUT2D eigenvalue weighted by Gasteiger charge is -2.57. The molecule has 7 nitrogen and oxygen atoms in total. The fourth-order valence-electron chi connectivity index (χ4n) is 7.88. The Kier molecular flexibility index (Phi) is 9.10. The number of hydrogen-bond acceptors (Lipinski definition) is 4. The number of benzene rings is 2. The summed E-state index contributed by atoms with van der Waals surface area (Å²) >= 11 is 3.44. The molecule has 0 spiro atoms. The largest absolute Gasteiger partial charge is 0.354 e. The molecule has 4 aliphatic carbocycles. The third-order valence-corrected chi connectivity index (χ3v) is 11.3. The summed E-state index contributed by atoms with van der Waals surface area (Å²) in [7, 11) is -3.77. The van der Waals surface area contributed by atoms with E-state index in [0.717, 1.165) is 34.0 Å². The van der Waals surface area contributed by atoms with Crippen LogP contribution in [0.1, 0.15) is 70.4 Å². The van der Waals surface area contributed by atoms with Gasteiger partial charge in [-0.25, -0.2) is 8.42 Å². The number of carbonyl (C=O) groups excluding carboxylic acids is 2. The van der Waals surface area contributed by atoms with E-state index in [0.29, 0.717) is 12.2 Å². The summed E-state index contributed by atoms with van der Waals surface area (Å²) in [5, 5.41) is 2.92. The van der Waals surface area contributed by atoms with Crippen LogP contribution in [0.5, 0.6) is 0 Å². The van der Waals surface area contributed by atoms with Gasteiger partial charge in [-0.2, -0.15) is 0 Å². The van der Waals surface area contributed by atoms with Crippen molar-refractivity contribution >= 4 is 43.5 Å². The Morgan fingerprint density at radius 1 is 0.929 bits per heavy atom. The number of rotatable bonds is 11. The van der Waals surface area contributed by atoms with Crippen molar-refractivity contribution in [3.05, 3.63) is 64.1 Å². The summed E-state index contributed by atoms with van der Waals surface area (Å²) in [4.78, 5) is 28.4. The predicted molar refractivity (Wildman–Crippen MR) is 170 cm³/mol. The molecule has 6 rings (SSSR count). The van der Waals surface area contributed by atoms with Gasteiger partial charge < -0.3 is 10.2 Å².